The summed E-state index contributed by atoms with van der Waals surface area (Å²) in [6, 6.07) is 7.27. The number of alkyl halides is 5. The van der Waals surface area contributed by atoms with Gasteiger partial charge in [0.05, 0.1) is 16.7 Å². The smallest absolute Gasteiger partial charge is 0.416 e. The summed E-state index contributed by atoms with van der Waals surface area (Å²) in [5.41, 5.74) is 0.525. The van der Waals surface area contributed by atoms with Crippen molar-refractivity contribution in [3.8, 4) is 5.75 Å². The van der Waals surface area contributed by atoms with Gasteiger partial charge >= 0.3 is 12.8 Å². The second-order valence-corrected chi connectivity index (χ2v) is 4.80. The molecule has 0 aliphatic carbocycles. The van der Waals surface area contributed by atoms with Crippen molar-refractivity contribution >= 4 is 17.6 Å². The van der Waals surface area contributed by atoms with E-state index in [1.807, 2.05) is 0 Å². The van der Waals surface area contributed by atoms with Gasteiger partial charge in [0, 0.05) is 6.07 Å². The van der Waals surface area contributed by atoms with Gasteiger partial charge in [0.1, 0.15) is 11.4 Å². The van der Waals surface area contributed by atoms with Crippen LogP contribution in [0.3, 0.4) is 0 Å². The second-order valence-electron chi connectivity index (χ2n) is 4.80. The lowest BCUT2D eigenvalue weighted by molar-refractivity contribution is -0.384. The fourth-order valence-electron chi connectivity index (χ4n) is 1.87. The molecule has 0 atom stereocenters. The number of benzene rings is 2. The number of hydrogen-bond donors (Lipinski definition) is 1. The topological polar surface area (TPSA) is 76.8 Å². The van der Waals surface area contributed by atoms with Crippen LogP contribution in [-0.2, 0) is 6.18 Å². The molecule has 0 fully saturated rings. The van der Waals surface area contributed by atoms with Gasteiger partial charge in [-0.05, 0) is 42.0 Å². The first-order chi connectivity index (χ1) is 12.2. The molecule has 26 heavy (non-hydrogen) atoms. The molecule has 0 amide bonds. The van der Waals surface area contributed by atoms with Gasteiger partial charge in [-0.3, -0.25) is 15.5 Å². The summed E-state index contributed by atoms with van der Waals surface area (Å²) < 4.78 is 66.1. The fraction of sp³-hybridized carbons (Fsp3) is 0.133. The van der Waals surface area contributed by atoms with E-state index >= 15 is 0 Å². The van der Waals surface area contributed by atoms with Crippen molar-refractivity contribution in [1.82, 2.24) is 0 Å². The summed E-state index contributed by atoms with van der Waals surface area (Å²) in [5, 5.41) is 14.6. The summed E-state index contributed by atoms with van der Waals surface area (Å²) in [5.74, 6) is -0.0662. The lowest BCUT2D eigenvalue weighted by Crippen LogP contribution is -2.06. The quantitative estimate of drug-likeness (QED) is 0.345. The highest BCUT2D eigenvalue weighted by atomic mass is 19.4. The molecule has 0 aliphatic rings. The van der Waals surface area contributed by atoms with E-state index in [9.17, 15) is 32.1 Å². The van der Waals surface area contributed by atoms with Crippen molar-refractivity contribution in [2.45, 2.75) is 12.8 Å². The minimum absolute atomic E-state index is 0.0662. The third kappa shape index (κ3) is 5.13. The zero-order valence-corrected chi connectivity index (χ0v) is 12.7. The lowest BCUT2D eigenvalue weighted by Gasteiger charge is -2.08. The summed E-state index contributed by atoms with van der Waals surface area (Å²) in [6.45, 7) is -2.96. The van der Waals surface area contributed by atoms with Crippen LogP contribution in [0.4, 0.5) is 33.3 Å². The molecule has 138 valence electrons. The van der Waals surface area contributed by atoms with Crippen molar-refractivity contribution < 1.29 is 31.6 Å². The molecule has 0 heterocycles. The Kier molecular flexibility index (Phi) is 5.70. The number of anilines is 1. The number of nitrogens with one attached hydrogen (secondary N) is 1. The molecular weight excluding hydrogens is 365 g/mol. The standard InChI is InChI=1S/C15H10F5N3O3/c16-14(17)26-11-4-1-9(2-5-11)8-21-22-12-6-3-10(15(18,19)20)7-13(12)23(24)25/h1-8,14,22H. The van der Waals surface area contributed by atoms with Crippen LogP contribution >= 0.6 is 0 Å². The van der Waals surface area contributed by atoms with Gasteiger partial charge in [-0.25, -0.2) is 0 Å². The second kappa shape index (κ2) is 7.76. The summed E-state index contributed by atoms with van der Waals surface area (Å²) in [4.78, 5) is 9.96. The number of ether oxygens (including phenoxy) is 1. The molecule has 1 N–H and O–H groups in total. The minimum Gasteiger partial charge on any atom is -0.435 e. The maximum Gasteiger partial charge on any atom is 0.416 e. The maximum absolute atomic E-state index is 12.6. The van der Waals surface area contributed by atoms with E-state index in [2.05, 4.69) is 15.3 Å². The number of nitrogens with zero attached hydrogens (tertiary/aromatic N) is 2. The largest absolute Gasteiger partial charge is 0.435 e. The molecule has 0 unspecified atom stereocenters. The molecule has 2 rings (SSSR count). The monoisotopic (exact) mass is 375 g/mol. The number of rotatable bonds is 6. The molecular formula is C15H10F5N3O3. The Labute approximate surface area is 143 Å². The molecule has 11 heteroatoms. The summed E-state index contributed by atoms with van der Waals surface area (Å²) in [7, 11) is 0. The van der Waals surface area contributed by atoms with Gasteiger partial charge in [-0.2, -0.15) is 27.1 Å². The van der Waals surface area contributed by atoms with Crippen LogP contribution < -0.4 is 10.2 Å². The number of nitro benzene ring substituents is 1. The van der Waals surface area contributed by atoms with Crippen LogP contribution in [0.15, 0.2) is 47.6 Å². The zero-order chi connectivity index (χ0) is 19.3. The lowest BCUT2D eigenvalue weighted by atomic mass is 10.1. The van der Waals surface area contributed by atoms with Gasteiger partial charge in [-0.1, -0.05) is 0 Å². The van der Waals surface area contributed by atoms with E-state index in [-0.39, 0.29) is 11.4 Å². The Balaban J connectivity index is 2.13. The predicted molar refractivity (Wildman–Crippen MR) is 82.4 cm³/mol. The zero-order valence-electron chi connectivity index (χ0n) is 12.7. The fourth-order valence-corrected chi connectivity index (χ4v) is 1.87. The SMILES string of the molecule is O=[N+]([O-])c1cc(C(F)(F)F)ccc1NN=Cc1ccc(OC(F)F)cc1. The van der Waals surface area contributed by atoms with Gasteiger partial charge in [0.2, 0.25) is 0 Å². The number of nitro groups is 1. The van der Waals surface area contributed by atoms with E-state index in [1.165, 1.54) is 30.5 Å². The molecule has 0 saturated heterocycles. The van der Waals surface area contributed by atoms with Crippen LogP contribution in [0.1, 0.15) is 11.1 Å². The Hall–Kier alpha value is -3.24. The average molecular weight is 375 g/mol. The van der Waals surface area contributed by atoms with Crippen molar-refractivity contribution in [2.24, 2.45) is 5.10 Å². The predicted octanol–water partition coefficient (Wildman–Crippen LogP) is 4.66. The van der Waals surface area contributed by atoms with Gasteiger partial charge in [-0.15, -0.1) is 0 Å². The molecule has 0 bridgehead atoms. The van der Waals surface area contributed by atoms with Crippen molar-refractivity contribution in [3.05, 3.63) is 63.7 Å². The van der Waals surface area contributed by atoms with E-state index in [4.69, 9.17) is 0 Å². The Morgan fingerprint density at radius 3 is 2.35 bits per heavy atom. The van der Waals surface area contributed by atoms with Crippen LogP contribution in [-0.4, -0.2) is 17.7 Å². The van der Waals surface area contributed by atoms with Gasteiger partial charge in [0.25, 0.3) is 5.69 Å². The van der Waals surface area contributed by atoms with Crippen LogP contribution in [0.5, 0.6) is 5.75 Å². The highest BCUT2D eigenvalue weighted by molar-refractivity contribution is 5.80. The van der Waals surface area contributed by atoms with Crippen molar-refractivity contribution in [1.29, 1.82) is 0 Å². The third-order valence-corrected chi connectivity index (χ3v) is 3.03. The van der Waals surface area contributed by atoms with Crippen molar-refractivity contribution in [2.75, 3.05) is 5.43 Å². The van der Waals surface area contributed by atoms with E-state index in [0.29, 0.717) is 17.7 Å². The molecule has 0 aromatic heterocycles. The first-order valence-corrected chi connectivity index (χ1v) is 6.86. The molecule has 0 radical (unpaired) electrons. The minimum atomic E-state index is -4.71. The first kappa shape index (κ1) is 19.1. The van der Waals surface area contributed by atoms with Crippen molar-refractivity contribution in [3.63, 3.8) is 0 Å². The molecule has 0 aliphatic heterocycles. The number of hydrogen-bond acceptors (Lipinski definition) is 5. The first-order valence-electron chi connectivity index (χ1n) is 6.86. The molecule has 6 nitrogen and oxygen atoms in total. The van der Waals surface area contributed by atoms with E-state index < -0.39 is 29.0 Å². The highest BCUT2D eigenvalue weighted by Crippen LogP contribution is 2.34. The Morgan fingerprint density at radius 2 is 1.81 bits per heavy atom. The van der Waals surface area contributed by atoms with Crippen LogP contribution in [0.25, 0.3) is 0 Å². The van der Waals surface area contributed by atoms with Crippen LogP contribution in [0.2, 0.25) is 0 Å². The van der Waals surface area contributed by atoms with E-state index in [0.717, 1.165) is 6.07 Å². The normalized spacial score (nSPS) is 11.8. The molecule has 0 spiro atoms. The maximum atomic E-state index is 12.6. The number of hydrazone groups is 1. The van der Waals surface area contributed by atoms with E-state index in [1.54, 1.807) is 0 Å². The molecule has 2 aromatic carbocycles. The average Bonchev–Trinajstić information content (AvgIpc) is 2.55. The Morgan fingerprint density at radius 1 is 1.15 bits per heavy atom. The summed E-state index contributed by atoms with van der Waals surface area (Å²) in [6.07, 6.45) is -3.51. The van der Waals surface area contributed by atoms with Crippen LogP contribution in [0, 0.1) is 10.1 Å². The number of halogens is 5. The van der Waals surface area contributed by atoms with Gasteiger partial charge < -0.3 is 4.74 Å². The van der Waals surface area contributed by atoms with Gasteiger partial charge in [0.15, 0.2) is 0 Å². The molecule has 2 aromatic rings. The third-order valence-electron chi connectivity index (χ3n) is 3.03. The highest BCUT2D eigenvalue weighted by Gasteiger charge is 2.33. The summed E-state index contributed by atoms with van der Waals surface area (Å²) >= 11 is 0. The Bertz CT molecular complexity index is 807. The molecule has 0 saturated carbocycles.